The summed E-state index contributed by atoms with van der Waals surface area (Å²) in [4.78, 5) is 72.4. The Morgan fingerprint density at radius 3 is 0.789 bits per heavy atom. The monoisotopic (exact) mass is 1320 g/mol. The Morgan fingerprint density at radius 1 is 0.311 bits per heavy atom. The molecule has 0 spiro atoms. The molecule has 0 aromatic carbocycles. The van der Waals surface area contributed by atoms with Crippen LogP contribution in [0.2, 0.25) is 0 Å². The fourth-order valence-corrected chi connectivity index (χ4v) is 12.4. The first-order valence-corrected chi connectivity index (χ1v) is 40.2. The van der Waals surface area contributed by atoms with Crippen LogP contribution in [0.25, 0.3) is 0 Å². The zero-order chi connectivity index (χ0) is 66.3. The van der Waals surface area contributed by atoms with Gasteiger partial charge in [0.05, 0.1) is 26.4 Å². The Kier molecular flexibility index (Phi) is 63.0. The predicted molar refractivity (Wildman–Crippen MR) is 363 cm³/mol. The minimum absolute atomic E-state index is 0.107. The van der Waals surface area contributed by atoms with Crippen LogP contribution in [-0.2, 0) is 65.4 Å². The van der Waals surface area contributed by atoms with Crippen molar-refractivity contribution in [2.45, 2.75) is 387 Å². The number of aliphatic hydroxyl groups is 1. The van der Waals surface area contributed by atoms with Crippen molar-refractivity contribution in [3.05, 3.63) is 0 Å². The van der Waals surface area contributed by atoms with E-state index in [0.717, 1.165) is 109 Å². The molecule has 90 heavy (non-hydrogen) atoms. The molecule has 0 fully saturated rings. The number of hydrogen-bond acceptors (Lipinski definition) is 15. The van der Waals surface area contributed by atoms with Gasteiger partial charge < -0.3 is 33.8 Å². The Labute approximate surface area is 549 Å². The average Bonchev–Trinajstić information content (AvgIpc) is 2.36. The summed E-state index contributed by atoms with van der Waals surface area (Å²) in [5.74, 6) is -1.35. The molecule has 0 aromatic heterocycles. The molecule has 0 heterocycles. The van der Waals surface area contributed by atoms with Crippen LogP contribution in [0.15, 0.2) is 0 Å². The van der Waals surface area contributed by atoms with Crippen LogP contribution < -0.4 is 0 Å². The van der Waals surface area contributed by atoms with Gasteiger partial charge in [0, 0.05) is 25.7 Å². The number of hydrogen-bond donors (Lipinski definition) is 3. The van der Waals surface area contributed by atoms with Crippen LogP contribution in [0.3, 0.4) is 0 Å². The third-order valence-electron chi connectivity index (χ3n) is 16.9. The zero-order valence-corrected chi connectivity index (χ0v) is 60.1. The molecule has 3 unspecified atom stereocenters. The van der Waals surface area contributed by atoms with Gasteiger partial charge in [-0.3, -0.25) is 37.3 Å². The Hall–Kier alpha value is -1.94. The van der Waals surface area contributed by atoms with Crippen LogP contribution in [0.5, 0.6) is 0 Å². The van der Waals surface area contributed by atoms with Gasteiger partial charge in [0.25, 0.3) is 0 Å². The molecule has 0 bridgehead atoms. The van der Waals surface area contributed by atoms with Gasteiger partial charge in [0.2, 0.25) is 0 Å². The third kappa shape index (κ3) is 63.5. The molecule has 534 valence electrons. The lowest BCUT2D eigenvalue weighted by Crippen LogP contribution is -2.30. The Bertz CT molecular complexity index is 1740. The van der Waals surface area contributed by atoms with E-state index in [9.17, 15) is 43.2 Å². The first-order chi connectivity index (χ1) is 43.6. The number of ether oxygens (including phenoxy) is 4. The predicted octanol–water partition coefficient (Wildman–Crippen LogP) is 20.5. The lowest BCUT2D eigenvalue weighted by atomic mass is 9.99. The van der Waals surface area contributed by atoms with E-state index in [-0.39, 0.29) is 25.7 Å². The van der Waals surface area contributed by atoms with Gasteiger partial charge in [0.1, 0.15) is 19.3 Å². The Balaban J connectivity index is 5.18. The van der Waals surface area contributed by atoms with Crippen molar-refractivity contribution in [2.75, 3.05) is 39.6 Å². The van der Waals surface area contributed by atoms with Crippen LogP contribution in [0.4, 0.5) is 0 Å². The molecule has 0 saturated carbocycles. The molecule has 3 N–H and O–H groups in total. The highest BCUT2D eigenvalue weighted by atomic mass is 31.2. The first kappa shape index (κ1) is 88.1. The molecule has 0 aliphatic carbocycles. The maximum Gasteiger partial charge on any atom is 0.472 e. The highest BCUT2D eigenvalue weighted by Crippen LogP contribution is 2.45. The van der Waals surface area contributed by atoms with Gasteiger partial charge in [-0.25, -0.2) is 9.13 Å². The summed E-state index contributed by atoms with van der Waals surface area (Å²) in [6.45, 7) is 7.22. The third-order valence-corrected chi connectivity index (χ3v) is 18.8. The van der Waals surface area contributed by atoms with Crippen molar-refractivity contribution in [1.29, 1.82) is 0 Å². The van der Waals surface area contributed by atoms with E-state index < -0.39 is 97.5 Å². The van der Waals surface area contributed by atoms with Gasteiger partial charge >= 0.3 is 39.5 Å². The summed E-state index contributed by atoms with van der Waals surface area (Å²) in [5.41, 5.74) is 0. The molecule has 0 aliphatic rings. The van der Waals surface area contributed by atoms with Crippen LogP contribution >= 0.6 is 15.6 Å². The second-order valence-corrected chi connectivity index (χ2v) is 28.8. The van der Waals surface area contributed by atoms with Crippen molar-refractivity contribution >= 4 is 39.5 Å². The summed E-state index contributed by atoms with van der Waals surface area (Å²) in [7, 11) is -9.89. The first-order valence-electron chi connectivity index (χ1n) is 37.2. The number of carbonyl (C=O) groups excluding carboxylic acids is 4. The van der Waals surface area contributed by atoms with Crippen LogP contribution in [-0.4, -0.2) is 96.7 Å². The van der Waals surface area contributed by atoms with E-state index >= 15 is 0 Å². The maximum absolute atomic E-state index is 13.0. The SMILES string of the molecule is CCCCCCCCCCCCCCCCCCCCCC(=O)O[C@H](COC(=O)CCCCCCCCCCC(C)CC)COP(=O)(O)OC[C@@H](O)COP(=O)(O)OC[C@@H](COC(=O)CCCCCCCCC)OC(=O)CCCCCCCCCCCCCC. The van der Waals surface area contributed by atoms with E-state index in [2.05, 4.69) is 34.6 Å². The topological polar surface area (TPSA) is 237 Å². The molecule has 0 radical (unpaired) electrons. The highest BCUT2D eigenvalue weighted by Gasteiger charge is 2.30. The number of phosphoric acid groups is 2. The van der Waals surface area contributed by atoms with Crippen LogP contribution in [0, 0.1) is 5.92 Å². The van der Waals surface area contributed by atoms with Gasteiger partial charge in [-0.1, -0.05) is 317 Å². The maximum atomic E-state index is 13.0. The number of esters is 4. The lowest BCUT2D eigenvalue weighted by Gasteiger charge is -2.21. The largest absolute Gasteiger partial charge is 0.472 e. The second kappa shape index (κ2) is 64.4. The zero-order valence-electron chi connectivity index (χ0n) is 58.3. The average molecular weight is 1330 g/mol. The lowest BCUT2D eigenvalue weighted by molar-refractivity contribution is -0.161. The highest BCUT2D eigenvalue weighted by molar-refractivity contribution is 7.47. The van der Waals surface area contributed by atoms with Crippen molar-refractivity contribution in [3.63, 3.8) is 0 Å². The molecule has 0 aromatic rings. The van der Waals surface area contributed by atoms with E-state index in [4.69, 9.17) is 37.0 Å². The quantitative estimate of drug-likeness (QED) is 0.0222. The fraction of sp³-hybridized carbons (Fsp3) is 0.944. The molecule has 0 saturated heterocycles. The number of aliphatic hydroxyl groups excluding tert-OH is 1. The standard InChI is InChI=1S/C71H138O17P2/c1-6-10-13-16-19-21-23-25-26-27-28-29-30-31-33-35-42-47-52-57-71(76)88-67(61-82-69(74)55-50-45-40-37-36-39-43-48-53-64(5)9-4)63-86-90(79,80)84-59-65(72)58-83-89(77,78)85-62-66(60-81-68(73)54-49-44-38-18-15-12-8-3)87-70(75)56-51-46-41-34-32-24-22-20-17-14-11-7-2/h64-67,72H,6-63H2,1-5H3,(H,77,78)(H,79,80)/t64?,65-,66+,67+/m0/s1. The van der Waals surface area contributed by atoms with E-state index in [1.165, 1.54) is 180 Å². The number of unbranched alkanes of at least 4 members (excludes halogenated alkanes) is 42. The van der Waals surface area contributed by atoms with Crippen LogP contribution in [0.1, 0.15) is 369 Å². The molecule has 0 amide bonds. The number of rotatable bonds is 71. The van der Waals surface area contributed by atoms with Crippen molar-refractivity contribution < 1.29 is 80.2 Å². The van der Waals surface area contributed by atoms with Crippen molar-refractivity contribution in [3.8, 4) is 0 Å². The Morgan fingerprint density at radius 2 is 0.533 bits per heavy atom. The van der Waals surface area contributed by atoms with E-state index in [1.807, 2.05) is 0 Å². The fourth-order valence-electron chi connectivity index (χ4n) is 10.8. The summed E-state index contributed by atoms with van der Waals surface area (Å²) in [6.07, 6.45) is 51.4. The molecular formula is C71H138O17P2. The minimum atomic E-state index is -4.95. The molecule has 19 heteroatoms. The van der Waals surface area contributed by atoms with Gasteiger partial charge in [-0.2, -0.15) is 0 Å². The molecular weight excluding hydrogens is 1190 g/mol. The van der Waals surface area contributed by atoms with Gasteiger partial charge in [0.15, 0.2) is 12.2 Å². The molecule has 6 atom stereocenters. The molecule has 0 rings (SSSR count). The summed E-state index contributed by atoms with van der Waals surface area (Å²) < 4.78 is 68.2. The molecule has 0 aliphatic heterocycles. The normalized spacial score (nSPS) is 14.4. The second-order valence-electron chi connectivity index (χ2n) is 25.9. The number of phosphoric ester groups is 2. The van der Waals surface area contributed by atoms with E-state index in [0.29, 0.717) is 25.7 Å². The summed E-state index contributed by atoms with van der Waals surface area (Å²) >= 11 is 0. The van der Waals surface area contributed by atoms with Gasteiger partial charge in [-0.15, -0.1) is 0 Å². The van der Waals surface area contributed by atoms with Gasteiger partial charge in [-0.05, 0) is 31.6 Å². The number of carbonyl (C=O) groups is 4. The summed E-state index contributed by atoms with van der Waals surface area (Å²) in [6, 6.07) is 0. The van der Waals surface area contributed by atoms with Crippen molar-refractivity contribution in [2.24, 2.45) is 5.92 Å². The summed E-state index contributed by atoms with van der Waals surface area (Å²) in [5, 5.41) is 10.6. The van der Waals surface area contributed by atoms with E-state index in [1.54, 1.807) is 0 Å². The van der Waals surface area contributed by atoms with Crippen molar-refractivity contribution in [1.82, 2.24) is 0 Å². The smallest absolute Gasteiger partial charge is 0.462 e. The molecule has 17 nitrogen and oxygen atoms in total. The minimum Gasteiger partial charge on any atom is -0.462 e.